The summed E-state index contributed by atoms with van der Waals surface area (Å²) >= 11 is 1.35. The van der Waals surface area contributed by atoms with Crippen molar-refractivity contribution in [3.8, 4) is 0 Å². The lowest BCUT2D eigenvalue weighted by molar-refractivity contribution is -0.142. The fourth-order valence-corrected chi connectivity index (χ4v) is 2.61. The number of aliphatic carboxylic acids is 1. The maximum Gasteiger partial charge on any atom is 0.311 e. The van der Waals surface area contributed by atoms with Gasteiger partial charge in [-0.05, 0) is 23.9 Å². The number of carboxylic acids is 1. The van der Waals surface area contributed by atoms with E-state index >= 15 is 0 Å². The van der Waals surface area contributed by atoms with E-state index in [2.05, 4.69) is 5.32 Å². The van der Waals surface area contributed by atoms with Crippen LogP contribution in [0.25, 0.3) is 0 Å². The summed E-state index contributed by atoms with van der Waals surface area (Å²) in [4.78, 5) is 23.4. The van der Waals surface area contributed by atoms with Gasteiger partial charge in [-0.15, -0.1) is 11.3 Å². The zero-order chi connectivity index (χ0) is 12.4. The maximum absolute atomic E-state index is 11.9. The van der Waals surface area contributed by atoms with Gasteiger partial charge in [0.1, 0.15) is 5.92 Å². The molecule has 2 rings (SSSR count). The van der Waals surface area contributed by atoms with Crippen molar-refractivity contribution in [2.75, 3.05) is 13.2 Å². The SMILES string of the molecule is Cc1ccsc1C(=O)NC1COCC1C(=O)O. The van der Waals surface area contributed by atoms with E-state index in [9.17, 15) is 9.59 Å². The molecule has 0 aliphatic carbocycles. The summed E-state index contributed by atoms with van der Waals surface area (Å²) in [6.45, 7) is 2.27. The summed E-state index contributed by atoms with van der Waals surface area (Å²) in [5.74, 6) is -1.81. The van der Waals surface area contributed by atoms with E-state index in [-0.39, 0.29) is 19.1 Å². The van der Waals surface area contributed by atoms with Crippen LogP contribution < -0.4 is 5.32 Å². The molecule has 0 radical (unpaired) electrons. The summed E-state index contributed by atoms with van der Waals surface area (Å²) in [7, 11) is 0. The third kappa shape index (κ3) is 2.48. The second kappa shape index (κ2) is 4.85. The normalized spacial score (nSPS) is 23.6. The van der Waals surface area contributed by atoms with Crippen molar-refractivity contribution in [3.05, 3.63) is 21.9 Å². The first kappa shape index (κ1) is 12.1. The highest BCUT2D eigenvalue weighted by Crippen LogP contribution is 2.18. The van der Waals surface area contributed by atoms with E-state index in [1.807, 2.05) is 18.4 Å². The molecule has 0 aromatic carbocycles. The van der Waals surface area contributed by atoms with Crippen LogP contribution >= 0.6 is 11.3 Å². The molecule has 0 saturated carbocycles. The van der Waals surface area contributed by atoms with Gasteiger partial charge in [-0.2, -0.15) is 0 Å². The molecule has 1 aromatic rings. The Labute approximate surface area is 102 Å². The van der Waals surface area contributed by atoms with Gasteiger partial charge in [-0.1, -0.05) is 0 Å². The highest BCUT2D eigenvalue weighted by Gasteiger charge is 2.35. The molecule has 1 fully saturated rings. The number of carbonyl (C=O) groups is 2. The first-order valence-electron chi connectivity index (χ1n) is 5.25. The van der Waals surface area contributed by atoms with Crippen LogP contribution in [-0.4, -0.2) is 36.2 Å². The zero-order valence-electron chi connectivity index (χ0n) is 9.30. The van der Waals surface area contributed by atoms with Gasteiger partial charge in [0.15, 0.2) is 0 Å². The molecule has 2 unspecified atom stereocenters. The molecule has 0 spiro atoms. The molecular formula is C11H13NO4S. The largest absolute Gasteiger partial charge is 0.481 e. The number of rotatable bonds is 3. The fourth-order valence-electron chi connectivity index (χ4n) is 1.78. The number of nitrogens with one attached hydrogen (secondary N) is 1. The van der Waals surface area contributed by atoms with Gasteiger partial charge in [0.05, 0.1) is 24.1 Å². The molecule has 6 heteroatoms. The summed E-state index contributed by atoms with van der Waals surface area (Å²) in [5.41, 5.74) is 0.901. The van der Waals surface area contributed by atoms with Crippen molar-refractivity contribution >= 4 is 23.2 Å². The van der Waals surface area contributed by atoms with Crippen LogP contribution in [0, 0.1) is 12.8 Å². The minimum absolute atomic E-state index is 0.156. The summed E-state index contributed by atoms with van der Waals surface area (Å²) in [5, 5.41) is 13.5. The van der Waals surface area contributed by atoms with Crippen molar-refractivity contribution in [3.63, 3.8) is 0 Å². The molecule has 2 N–H and O–H groups in total. The zero-order valence-corrected chi connectivity index (χ0v) is 10.1. The topological polar surface area (TPSA) is 75.6 Å². The minimum atomic E-state index is -0.935. The lowest BCUT2D eigenvalue weighted by Crippen LogP contribution is -2.42. The molecule has 2 heterocycles. The van der Waals surface area contributed by atoms with Gasteiger partial charge < -0.3 is 15.2 Å². The Bertz CT molecular complexity index is 442. The molecule has 5 nitrogen and oxygen atoms in total. The van der Waals surface area contributed by atoms with E-state index in [0.29, 0.717) is 4.88 Å². The van der Waals surface area contributed by atoms with E-state index in [1.165, 1.54) is 11.3 Å². The predicted octanol–water partition coefficient (Wildman–Crippen LogP) is 0.886. The van der Waals surface area contributed by atoms with Crippen LogP contribution in [0.4, 0.5) is 0 Å². The van der Waals surface area contributed by atoms with Crippen LogP contribution in [0.15, 0.2) is 11.4 Å². The fraction of sp³-hybridized carbons (Fsp3) is 0.455. The Kier molecular flexibility index (Phi) is 3.44. The van der Waals surface area contributed by atoms with Gasteiger partial charge in [0.2, 0.25) is 0 Å². The number of thiophene rings is 1. The Balaban J connectivity index is 2.04. The van der Waals surface area contributed by atoms with Crippen LogP contribution in [0.2, 0.25) is 0 Å². The Morgan fingerprint density at radius 1 is 1.53 bits per heavy atom. The van der Waals surface area contributed by atoms with Crippen molar-refractivity contribution in [2.45, 2.75) is 13.0 Å². The Hall–Kier alpha value is -1.40. The third-order valence-corrected chi connectivity index (χ3v) is 3.80. The van der Waals surface area contributed by atoms with E-state index in [4.69, 9.17) is 9.84 Å². The molecule has 2 atom stereocenters. The average Bonchev–Trinajstić information content (AvgIpc) is 2.86. The Morgan fingerprint density at radius 3 is 2.88 bits per heavy atom. The Morgan fingerprint density at radius 2 is 2.29 bits per heavy atom. The van der Waals surface area contributed by atoms with Crippen LogP contribution in [-0.2, 0) is 9.53 Å². The van der Waals surface area contributed by atoms with Gasteiger partial charge in [0.25, 0.3) is 5.91 Å². The first-order valence-corrected chi connectivity index (χ1v) is 6.13. The molecule has 1 aliphatic rings. The van der Waals surface area contributed by atoms with Crippen LogP contribution in [0.1, 0.15) is 15.2 Å². The lowest BCUT2D eigenvalue weighted by Gasteiger charge is -2.15. The summed E-state index contributed by atoms with van der Waals surface area (Å²) in [6.07, 6.45) is 0. The minimum Gasteiger partial charge on any atom is -0.481 e. The third-order valence-electron chi connectivity index (χ3n) is 2.78. The second-order valence-corrected chi connectivity index (χ2v) is 4.91. The van der Waals surface area contributed by atoms with Crippen molar-refractivity contribution in [1.82, 2.24) is 5.32 Å². The molecule has 1 amide bonds. The summed E-state index contributed by atoms with van der Waals surface area (Å²) in [6, 6.07) is 1.42. The van der Waals surface area contributed by atoms with E-state index in [1.54, 1.807) is 0 Å². The summed E-state index contributed by atoms with van der Waals surface area (Å²) < 4.78 is 5.09. The lowest BCUT2D eigenvalue weighted by atomic mass is 10.0. The van der Waals surface area contributed by atoms with Crippen molar-refractivity contribution < 1.29 is 19.4 Å². The second-order valence-electron chi connectivity index (χ2n) is 3.99. The number of carboxylic acid groups (broad SMARTS) is 1. The maximum atomic E-state index is 11.9. The van der Waals surface area contributed by atoms with Crippen LogP contribution in [0.3, 0.4) is 0 Å². The van der Waals surface area contributed by atoms with Crippen molar-refractivity contribution in [1.29, 1.82) is 0 Å². The van der Waals surface area contributed by atoms with E-state index < -0.39 is 17.9 Å². The highest BCUT2D eigenvalue weighted by molar-refractivity contribution is 7.12. The molecule has 1 saturated heterocycles. The average molecular weight is 255 g/mol. The van der Waals surface area contributed by atoms with Crippen LogP contribution in [0.5, 0.6) is 0 Å². The molecule has 0 bridgehead atoms. The molecule has 92 valence electrons. The number of hydrogen-bond donors (Lipinski definition) is 2. The number of hydrogen-bond acceptors (Lipinski definition) is 4. The number of amides is 1. The van der Waals surface area contributed by atoms with Gasteiger partial charge >= 0.3 is 5.97 Å². The number of carbonyl (C=O) groups excluding carboxylic acids is 1. The molecule has 17 heavy (non-hydrogen) atoms. The van der Waals surface area contributed by atoms with Gasteiger partial charge in [0, 0.05) is 0 Å². The standard InChI is InChI=1S/C11H13NO4S/c1-6-2-3-17-9(6)10(13)12-8-5-16-4-7(8)11(14)15/h2-3,7-8H,4-5H2,1H3,(H,12,13)(H,14,15). The highest BCUT2D eigenvalue weighted by atomic mass is 32.1. The van der Waals surface area contributed by atoms with Crippen molar-refractivity contribution in [2.24, 2.45) is 5.92 Å². The quantitative estimate of drug-likeness (QED) is 0.841. The smallest absolute Gasteiger partial charge is 0.311 e. The first-order chi connectivity index (χ1) is 8.09. The molecule has 1 aromatic heterocycles. The van der Waals surface area contributed by atoms with Gasteiger partial charge in [-0.25, -0.2) is 0 Å². The number of aryl methyl sites for hydroxylation is 1. The monoisotopic (exact) mass is 255 g/mol. The molecule has 1 aliphatic heterocycles. The van der Waals surface area contributed by atoms with E-state index in [0.717, 1.165) is 5.56 Å². The predicted molar refractivity (Wildman–Crippen MR) is 62.3 cm³/mol. The van der Waals surface area contributed by atoms with Gasteiger partial charge in [-0.3, -0.25) is 9.59 Å². The number of ether oxygens (including phenoxy) is 1. The molecular weight excluding hydrogens is 242 g/mol.